The van der Waals surface area contributed by atoms with Crippen LogP contribution in [-0.2, 0) is 10.0 Å². The van der Waals surface area contributed by atoms with Crippen molar-refractivity contribution >= 4 is 15.7 Å². The van der Waals surface area contributed by atoms with Gasteiger partial charge in [-0.15, -0.1) is 0 Å². The second-order valence-electron chi connectivity index (χ2n) is 6.18. The lowest BCUT2D eigenvalue weighted by molar-refractivity contribution is 0.221. The number of sulfonamides is 1. The number of para-hydroxylation sites is 1. The number of hydrogen-bond acceptors (Lipinski definition) is 4. The molecule has 0 amide bonds. The Morgan fingerprint density at radius 3 is 2.19 bits per heavy atom. The minimum atomic E-state index is -3.76. The highest BCUT2D eigenvalue weighted by atomic mass is 32.2. The Morgan fingerprint density at radius 1 is 0.926 bits per heavy atom. The van der Waals surface area contributed by atoms with Crippen molar-refractivity contribution in [3.8, 4) is 5.75 Å². The lowest BCUT2D eigenvalue weighted by Gasteiger charge is -2.17. The highest BCUT2D eigenvalue weighted by Crippen LogP contribution is 2.30. The summed E-state index contributed by atoms with van der Waals surface area (Å²) in [5.41, 5.74) is 2.42. The van der Waals surface area contributed by atoms with Crippen molar-refractivity contribution in [2.75, 3.05) is 11.8 Å². The maximum Gasteiger partial charge on any atom is 0.261 e. The Morgan fingerprint density at radius 2 is 1.56 bits per heavy atom. The van der Waals surface area contributed by atoms with E-state index < -0.39 is 16.1 Å². The maximum absolute atomic E-state index is 12.7. The number of aryl methyl sites for hydroxylation is 1. The fraction of sp³-hybridized carbons (Fsp3) is 0.143. The zero-order chi connectivity index (χ0) is 19.4. The third-order valence-corrected chi connectivity index (χ3v) is 5.64. The highest BCUT2D eigenvalue weighted by Gasteiger charge is 2.19. The summed E-state index contributed by atoms with van der Waals surface area (Å²) in [6.45, 7) is 1.89. The van der Waals surface area contributed by atoms with Crippen LogP contribution in [0.15, 0.2) is 77.7 Å². The fourth-order valence-electron chi connectivity index (χ4n) is 2.72. The zero-order valence-electron chi connectivity index (χ0n) is 15.1. The lowest BCUT2D eigenvalue weighted by Crippen LogP contribution is -2.15. The molecule has 6 heteroatoms. The van der Waals surface area contributed by atoms with E-state index in [0.717, 1.165) is 5.56 Å². The van der Waals surface area contributed by atoms with Crippen molar-refractivity contribution in [2.24, 2.45) is 0 Å². The van der Waals surface area contributed by atoms with Crippen LogP contribution >= 0.6 is 0 Å². The first-order chi connectivity index (χ1) is 12.9. The van der Waals surface area contributed by atoms with E-state index in [0.29, 0.717) is 22.6 Å². The van der Waals surface area contributed by atoms with Crippen molar-refractivity contribution in [3.05, 3.63) is 89.5 Å². The fourth-order valence-corrected chi connectivity index (χ4v) is 3.80. The molecule has 3 aromatic carbocycles. The number of aliphatic hydroxyl groups is 1. The van der Waals surface area contributed by atoms with E-state index in [9.17, 15) is 13.5 Å². The van der Waals surface area contributed by atoms with E-state index in [1.807, 2.05) is 6.92 Å². The van der Waals surface area contributed by atoms with Crippen LogP contribution in [0, 0.1) is 6.92 Å². The Bertz CT molecular complexity index is 1010. The number of aliphatic hydroxyl groups excluding tert-OH is 1. The van der Waals surface area contributed by atoms with Crippen LogP contribution in [0.3, 0.4) is 0 Å². The molecule has 0 spiro atoms. The summed E-state index contributed by atoms with van der Waals surface area (Å²) in [6.07, 6.45) is -0.979. The van der Waals surface area contributed by atoms with Crippen LogP contribution in [0.1, 0.15) is 22.8 Å². The number of anilines is 1. The molecule has 0 saturated heterocycles. The van der Waals surface area contributed by atoms with E-state index in [-0.39, 0.29) is 4.90 Å². The molecule has 5 nitrogen and oxygen atoms in total. The summed E-state index contributed by atoms with van der Waals surface area (Å²) in [7, 11) is -2.19. The molecule has 1 atom stereocenters. The summed E-state index contributed by atoms with van der Waals surface area (Å²) in [6, 6.07) is 20.4. The second-order valence-corrected chi connectivity index (χ2v) is 7.86. The predicted octanol–water partition coefficient (Wildman–Crippen LogP) is 3.89. The summed E-state index contributed by atoms with van der Waals surface area (Å²) < 4.78 is 33.1. The van der Waals surface area contributed by atoms with E-state index in [4.69, 9.17) is 4.74 Å². The van der Waals surface area contributed by atoms with Crippen LogP contribution in [-0.4, -0.2) is 20.6 Å². The van der Waals surface area contributed by atoms with Gasteiger partial charge in [-0.1, -0.05) is 48.0 Å². The third-order valence-electron chi connectivity index (χ3n) is 4.26. The van der Waals surface area contributed by atoms with Gasteiger partial charge in [0.1, 0.15) is 11.9 Å². The molecule has 0 aromatic heterocycles. The molecule has 1 unspecified atom stereocenters. The number of benzene rings is 3. The molecular formula is C21H21NO4S. The molecule has 0 aliphatic carbocycles. The summed E-state index contributed by atoms with van der Waals surface area (Å²) in [5, 5.41) is 10.8. The minimum Gasteiger partial charge on any atom is -0.497 e. The smallest absolute Gasteiger partial charge is 0.261 e. The van der Waals surface area contributed by atoms with Gasteiger partial charge in [0.2, 0.25) is 0 Å². The second kappa shape index (κ2) is 7.82. The number of nitrogens with one attached hydrogen (secondary N) is 1. The zero-order valence-corrected chi connectivity index (χ0v) is 15.9. The Kier molecular flexibility index (Phi) is 5.48. The SMILES string of the molecule is COc1ccc(C(O)c2ccccc2NS(=O)(=O)c2ccc(C)cc2)cc1. The van der Waals surface area contributed by atoms with Gasteiger partial charge < -0.3 is 9.84 Å². The third kappa shape index (κ3) is 4.30. The van der Waals surface area contributed by atoms with Crippen LogP contribution in [0.4, 0.5) is 5.69 Å². The van der Waals surface area contributed by atoms with E-state index in [2.05, 4.69) is 4.72 Å². The molecule has 2 N–H and O–H groups in total. The van der Waals surface area contributed by atoms with Crippen molar-refractivity contribution in [1.29, 1.82) is 0 Å². The monoisotopic (exact) mass is 383 g/mol. The number of rotatable bonds is 6. The number of methoxy groups -OCH3 is 1. The first-order valence-corrected chi connectivity index (χ1v) is 9.89. The number of ether oxygens (including phenoxy) is 1. The molecule has 0 saturated carbocycles. The molecule has 0 aliphatic rings. The van der Waals surface area contributed by atoms with Crippen LogP contribution < -0.4 is 9.46 Å². The molecule has 27 heavy (non-hydrogen) atoms. The first kappa shape index (κ1) is 18.9. The van der Waals surface area contributed by atoms with Crippen molar-refractivity contribution < 1.29 is 18.3 Å². The summed E-state index contributed by atoms with van der Waals surface area (Å²) in [4.78, 5) is 0.168. The van der Waals surface area contributed by atoms with Crippen molar-refractivity contribution in [2.45, 2.75) is 17.9 Å². The maximum atomic E-state index is 12.7. The van der Waals surface area contributed by atoms with Gasteiger partial charge >= 0.3 is 0 Å². The molecule has 0 radical (unpaired) electrons. The number of hydrogen-bond donors (Lipinski definition) is 2. The predicted molar refractivity (Wildman–Crippen MR) is 105 cm³/mol. The molecule has 0 fully saturated rings. The normalized spacial score (nSPS) is 12.4. The van der Waals surface area contributed by atoms with Gasteiger partial charge in [-0.25, -0.2) is 8.42 Å². The van der Waals surface area contributed by atoms with Gasteiger partial charge in [0.05, 0.1) is 17.7 Å². The Labute approximate surface area is 159 Å². The largest absolute Gasteiger partial charge is 0.497 e. The van der Waals surface area contributed by atoms with Crippen LogP contribution in [0.5, 0.6) is 5.75 Å². The topological polar surface area (TPSA) is 75.6 Å². The molecule has 0 aliphatic heterocycles. The van der Waals surface area contributed by atoms with Gasteiger partial charge in [-0.3, -0.25) is 4.72 Å². The van der Waals surface area contributed by atoms with Crippen molar-refractivity contribution in [1.82, 2.24) is 0 Å². The van der Waals surface area contributed by atoms with Crippen LogP contribution in [0.2, 0.25) is 0 Å². The molecule has 3 aromatic rings. The van der Waals surface area contributed by atoms with Gasteiger partial charge in [0, 0.05) is 5.56 Å². The van der Waals surface area contributed by atoms with E-state index >= 15 is 0 Å². The molecule has 0 bridgehead atoms. The highest BCUT2D eigenvalue weighted by molar-refractivity contribution is 7.92. The Balaban J connectivity index is 1.92. The average molecular weight is 383 g/mol. The van der Waals surface area contributed by atoms with Crippen molar-refractivity contribution in [3.63, 3.8) is 0 Å². The summed E-state index contributed by atoms with van der Waals surface area (Å²) in [5.74, 6) is 0.680. The van der Waals surface area contributed by atoms with Gasteiger partial charge in [0.25, 0.3) is 10.0 Å². The van der Waals surface area contributed by atoms with Gasteiger partial charge in [0.15, 0.2) is 0 Å². The molecule has 140 valence electrons. The van der Waals surface area contributed by atoms with E-state index in [1.165, 1.54) is 0 Å². The van der Waals surface area contributed by atoms with Gasteiger partial charge in [-0.2, -0.15) is 0 Å². The van der Waals surface area contributed by atoms with Crippen LogP contribution in [0.25, 0.3) is 0 Å². The summed E-state index contributed by atoms with van der Waals surface area (Å²) >= 11 is 0. The van der Waals surface area contributed by atoms with E-state index in [1.54, 1.807) is 79.9 Å². The Hall–Kier alpha value is -2.83. The quantitative estimate of drug-likeness (QED) is 0.677. The standard InChI is InChI=1S/C21H21NO4S/c1-15-7-13-18(14-8-15)27(24,25)22-20-6-4-3-5-19(20)21(23)16-9-11-17(26-2)12-10-16/h3-14,21-23H,1-2H3. The lowest BCUT2D eigenvalue weighted by atomic mass is 10.00. The minimum absolute atomic E-state index is 0.168. The molecular weight excluding hydrogens is 362 g/mol. The average Bonchev–Trinajstić information content (AvgIpc) is 2.68. The first-order valence-electron chi connectivity index (χ1n) is 8.41. The molecule has 0 heterocycles. The molecule has 3 rings (SSSR count). The van der Waals surface area contributed by atoms with Gasteiger partial charge in [-0.05, 0) is 42.8 Å².